The Kier molecular flexibility index (Phi) is 4.57. The molecule has 0 aliphatic carbocycles. The molecular weight excluding hydrogens is 340 g/mol. The van der Waals surface area contributed by atoms with Crippen molar-refractivity contribution in [2.24, 2.45) is 0 Å². The van der Waals surface area contributed by atoms with Crippen LogP contribution in [0.4, 0.5) is 8.78 Å². The van der Waals surface area contributed by atoms with Gasteiger partial charge in [0.25, 0.3) is 0 Å². The minimum atomic E-state index is -0.726. The van der Waals surface area contributed by atoms with E-state index in [9.17, 15) is 13.6 Å². The van der Waals surface area contributed by atoms with Crippen LogP contribution >= 0.6 is 11.6 Å². The van der Waals surface area contributed by atoms with E-state index >= 15 is 0 Å². The quantitative estimate of drug-likeness (QED) is 0.644. The molecule has 0 saturated carbocycles. The second kappa shape index (κ2) is 6.80. The van der Waals surface area contributed by atoms with Gasteiger partial charge in [-0.15, -0.1) is 0 Å². The molecule has 0 spiro atoms. The third kappa shape index (κ3) is 3.44. The topological polar surface area (TPSA) is 52.3 Å². The number of hydrogen-bond acceptors (Lipinski definition) is 4. The number of ether oxygens (including phenoxy) is 1. The first kappa shape index (κ1) is 16.1. The molecule has 3 aromatic rings. The molecule has 2 aromatic carbocycles. The van der Waals surface area contributed by atoms with Crippen LogP contribution < -0.4 is 0 Å². The molecular formula is C17H10ClF2NO3. The Balaban J connectivity index is 1.69. The number of aromatic nitrogens is 1. The molecule has 0 unspecified atom stereocenters. The Bertz CT molecular complexity index is 895. The summed E-state index contributed by atoms with van der Waals surface area (Å²) in [4.78, 5) is 11.9. The molecule has 7 heteroatoms. The third-order valence-corrected chi connectivity index (χ3v) is 3.51. The number of carbonyl (C=O) groups excluding carboxylic acids is 1. The summed E-state index contributed by atoms with van der Waals surface area (Å²) in [6.07, 6.45) is 0. The van der Waals surface area contributed by atoms with E-state index in [0.29, 0.717) is 5.69 Å². The van der Waals surface area contributed by atoms with Gasteiger partial charge in [0.2, 0.25) is 0 Å². The first-order chi connectivity index (χ1) is 11.5. The van der Waals surface area contributed by atoms with Gasteiger partial charge in [-0.3, -0.25) is 0 Å². The maximum atomic E-state index is 13.7. The van der Waals surface area contributed by atoms with Crippen molar-refractivity contribution in [3.05, 3.63) is 76.4 Å². The van der Waals surface area contributed by atoms with E-state index in [1.54, 1.807) is 18.2 Å². The van der Waals surface area contributed by atoms with Gasteiger partial charge in [0.15, 0.2) is 5.76 Å². The summed E-state index contributed by atoms with van der Waals surface area (Å²) < 4.78 is 36.8. The van der Waals surface area contributed by atoms with Crippen molar-refractivity contribution in [1.29, 1.82) is 0 Å². The van der Waals surface area contributed by atoms with Crippen molar-refractivity contribution < 1.29 is 22.8 Å². The van der Waals surface area contributed by atoms with Crippen molar-refractivity contribution >= 4 is 17.6 Å². The van der Waals surface area contributed by atoms with Crippen LogP contribution in [0.25, 0.3) is 11.3 Å². The summed E-state index contributed by atoms with van der Waals surface area (Å²) in [6, 6.07) is 10.9. The summed E-state index contributed by atoms with van der Waals surface area (Å²) in [6.45, 7) is -0.190. The van der Waals surface area contributed by atoms with Crippen LogP contribution in [0, 0.1) is 11.6 Å². The molecule has 0 N–H and O–H groups in total. The zero-order valence-electron chi connectivity index (χ0n) is 12.1. The lowest BCUT2D eigenvalue weighted by molar-refractivity contribution is 0.0464. The van der Waals surface area contributed by atoms with Gasteiger partial charge in [-0.2, -0.15) is 0 Å². The van der Waals surface area contributed by atoms with Crippen LogP contribution in [0.15, 0.2) is 53.1 Å². The Hall–Kier alpha value is -2.73. The van der Waals surface area contributed by atoms with Crippen LogP contribution in [0.2, 0.25) is 5.02 Å². The van der Waals surface area contributed by atoms with Crippen LogP contribution in [0.5, 0.6) is 0 Å². The summed E-state index contributed by atoms with van der Waals surface area (Å²) in [5, 5.41) is 3.68. The molecule has 0 atom stereocenters. The maximum Gasteiger partial charge on any atom is 0.340 e. The molecule has 4 nitrogen and oxygen atoms in total. The zero-order valence-corrected chi connectivity index (χ0v) is 12.9. The maximum absolute atomic E-state index is 13.7. The van der Waals surface area contributed by atoms with Crippen LogP contribution in [-0.4, -0.2) is 11.1 Å². The second-order valence-corrected chi connectivity index (χ2v) is 5.27. The number of esters is 1. The largest absolute Gasteiger partial charge is 0.455 e. The number of hydrogen-bond donors (Lipinski definition) is 0. The van der Waals surface area contributed by atoms with Crippen molar-refractivity contribution in [2.45, 2.75) is 6.61 Å². The Labute approximate surface area is 140 Å². The van der Waals surface area contributed by atoms with Crippen LogP contribution in [0.3, 0.4) is 0 Å². The van der Waals surface area contributed by atoms with Crippen molar-refractivity contribution in [3.63, 3.8) is 0 Å². The molecule has 0 fully saturated rings. The van der Waals surface area contributed by atoms with Crippen LogP contribution in [-0.2, 0) is 11.3 Å². The Morgan fingerprint density at radius 2 is 1.96 bits per heavy atom. The van der Waals surface area contributed by atoms with E-state index in [0.717, 1.165) is 12.1 Å². The van der Waals surface area contributed by atoms with Gasteiger partial charge in [-0.1, -0.05) is 28.9 Å². The number of nitrogens with zero attached hydrogens (tertiary/aromatic N) is 1. The minimum absolute atomic E-state index is 0.0379. The molecule has 0 aliphatic rings. The van der Waals surface area contributed by atoms with E-state index in [1.165, 1.54) is 18.2 Å². The van der Waals surface area contributed by atoms with Gasteiger partial charge in [0.1, 0.15) is 23.9 Å². The Morgan fingerprint density at radius 1 is 1.17 bits per heavy atom. The summed E-state index contributed by atoms with van der Waals surface area (Å²) in [5.74, 6) is -1.51. The summed E-state index contributed by atoms with van der Waals surface area (Å²) in [5.41, 5.74) is 0.597. The van der Waals surface area contributed by atoms with E-state index in [1.807, 2.05) is 0 Å². The highest BCUT2D eigenvalue weighted by atomic mass is 35.5. The predicted octanol–water partition coefficient (Wildman–Crippen LogP) is 4.63. The number of benzene rings is 2. The fourth-order valence-electron chi connectivity index (χ4n) is 2.04. The highest BCUT2D eigenvalue weighted by Gasteiger charge is 2.15. The molecule has 0 saturated heterocycles. The average molecular weight is 350 g/mol. The van der Waals surface area contributed by atoms with E-state index < -0.39 is 17.6 Å². The summed E-state index contributed by atoms with van der Waals surface area (Å²) in [7, 11) is 0. The standard InChI is InChI=1S/C17H10ClF2NO3/c18-14-7-10(19)5-6-12(14)17(22)23-9-11-8-16(24-21-11)13-3-1-2-4-15(13)20/h1-8H,9H2. The highest BCUT2D eigenvalue weighted by Crippen LogP contribution is 2.24. The number of carbonyl (C=O) groups is 1. The number of rotatable bonds is 4. The van der Waals surface area contributed by atoms with Gasteiger partial charge < -0.3 is 9.26 Å². The summed E-state index contributed by atoms with van der Waals surface area (Å²) >= 11 is 5.79. The first-order valence-electron chi connectivity index (χ1n) is 6.87. The van der Waals surface area contributed by atoms with Gasteiger partial charge in [-0.05, 0) is 30.3 Å². The van der Waals surface area contributed by atoms with Crippen molar-refractivity contribution in [2.75, 3.05) is 0 Å². The third-order valence-electron chi connectivity index (χ3n) is 3.20. The van der Waals surface area contributed by atoms with Crippen molar-refractivity contribution in [1.82, 2.24) is 5.16 Å². The van der Waals surface area contributed by atoms with Gasteiger partial charge in [0.05, 0.1) is 16.1 Å². The van der Waals surface area contributed by atoms with E-state index in [4.69, 9.17) is 20.9 Å². The average Bonchev–Trinajstić information content (AvgIpc) is 3.02. The molecule has 0 amide bonds. The molecule has 3 rings (SSSR count). The predicted molar refractivity (Wildman–Crippen MR) is 82.4 cm³/mol. The molecule has 122 valence electrons. The molecule has 24 heavy (non-hydrogen) atoms. The van der Waals surface area contributed by atoms with Gasteiger partial charge in [-0.25, -0.2) is 13.6 Å². The van der Waals surface area contributed by atoms with Gasteiger partial charge in [0, 0.05) is 6.07 Å². The lowest BCUT2D eigenvalue weighted by Crippen LogP contribution is -2.06. The smallest absolute Gasteiger partial charge is 0.340 e. The molecule has 0 bridgehead atoms. The molecule has 1 aromatic heterocycles. The molecule has 0 radical (unpaired) electrons. The van der Waals surface area contributed by atoms with E-state index in [-0.39, 0.29) is 28.5 Å². The monoisotopic (exact) mass is 349 g/mol. The first-order valence-corrected chi connectivity index (χ1v) is 7.25. The molecule has 1 heterocycles. The van der Waals surface area contributed by atoms with Crippen molar-refractivity contribution in [3.8, 4) is 11.3 Å². The second-order valence-electron chi connectivity index (χ2n) is 4.86. The fraction of sp³-hybridized carbons (Fsp3) is 0.0588. The highest BCUT2D eigenvalue weighted by molar-refractivity contribution is 6.33. The molecule has 0 aliphatic heterocycles. The SMILES string of the molecule is O=C(OCc1cc(-c2ccccc2F)on1)c1ccc(F)cc1Cl. The lowest BCUT2D eigenvalue weighted by atomic mass is 10.1. The zero-order chi connectivity index (χ0) is 17.1. The van der Waals surface area contributed by atoms with Crippen LogP contribution in [0.1, 0.15) is 16.1 Å². The lowest BCUT2D eigenvalue weighted by Gasteiger charge is -2.04. The number of halogens is 3. The van der Waals surface area contributed by atoms with E-state index in [2.05, 4.69) is 5.16 Å². The normalized spacial score (nSPS) is 10.6. The Morgan fingerprint density at radius 3 is 2.71 bits per heavy atom. The fourth-order valence-corrected chi connectivity index (χ4v) is 2.28. The minimum Gasteiger partial charge on any atom is -0.455 e. The van der Waals surface area contributed by atoms with Gasteiger partial charge >= 0.3 is 5.97 Å².